The lowest BCUT2D eigenvalue weighted by Gasteiger charge is -2.47. The van der Waals surface area contributed by atoms with Crippen molar-refractivity contribution in [2.24, 2.45) is 10.8 Å². The number of aromatic nitrogens is 2. The van der Waals surface area contributed by atoms with Crippen LogP contribution in [-0.4, -0.2) is 35.0 Å². The maximum absolute atomic E-state index is 13.8. The van der Waals surface area contributed by atoms with E-state index in [1.165, 1.54) is 0 Å². The summed E-state index contributed by atoms with van der Waals surface area (Å²) in [6, 6.07) is 18.1. The predicted octanol–water partition coefficient (Wildman–Crippen LogP) is 5.69. The van der Waals surface area contributed by atoms with Gasteiger partial charge in [-0.15, -0.1) is 0 Å². The number of rotatable bonds is 4. The summed E-state index contributed by atoms with van der Waals surface area (Å²) in [6.07, 6.45) is 1.25. The minimum Gasteiger partial charge on any atom is -0.497 e. The lowest BCUT2D eigenvalue weighted by molar-refractivity contribution is -0.148. The van der Waals surface area contributed by atoms with Crippen molar-refractivity contribution in [1.29, 1.82) is 0 Å². The zero-order valence-electron chi connectivity index (χ0n) is 22.8. The van der Waals surface area contributed by atoms with Gasteiger partial charge >= 0.3 is 0 Å². The second kappa shape index (κ2) is 8.86. The molecule has 1 aliphatic carbocycles. The molecule has 2 aromatic carbocycles. The molecule has 194 valence electrons. The van der Waals surface area contributed by atoms with Crippen LogP contribution in [0.4, 0.5) is 5.82 Å². The predicted molar refractivity (Wildman–Crippen MR) is 145 cm³/mol. The molecule has 6 heteroatoms. The van der Waals surface area contributed by atoms with Gasteiger partial charge in [-0.25, -0.2) is 4.68 Å². The molecule has 0 saturated heterocycles. The summed E-state index contributed by atoms with van der Waals surface area (Å²) in [5.74, 6) is 1.89. The lowest BCUT2D eigenvalue weighted by atomic mass is 9.60. The first-order valence-corrected chi connectivity index (χ1v) is 13.1. The first-order valence-electron chi connectivity index (χ1n) is 13.1. The van der Waals surface area contributed by atoms with Crippen LogP contribution in [0.25, 0.3) is 5.69 Å². The quantitative estimate of drug-likeness (QED) is 0.432. The van der Waals surface area contributed by atoms with Crippen molar-refractivity contribution >= 4 is 17.4 Å². The van der Waals surface area contributed by atoms with E-state index in [0.29, 0.717) is 32.4 Å². The molecule has 5 rings (SSSR count). The summed E-state index contributed by atoms with van der Waals surface area (Å²) >= 11 is 0. The number of benzene rings is 2. The summed E-state index contributed by atoms with van der Waals surface area (Å²) < 4.78 is 7.36. The van der Waals surface area contributed by atoms with Crippen LogP contribution in [0.3, 0.4) is 0 Å². The fraction of sp³-hybridized carbons (Fsp3) is 0.452. The normalized spacial score (nSPS) is 18.7. The average Bonchev–Trinajstić information content (AvgIpc) is 3.24. The van der Waals surface area contributed by atoms with E-state index in [1.54, 1.807) is 7.11 Å². The molecule has 2 heterocycles. The Morgan fingerprint density at radius 3 is 2.11 bits per heavy atom. The van der Waals surface area contributed by atoms with Crippen molar-refractivity contribution in [2.75, 3.05) is 18.6 Å². The number of carbonyl (C=O) groups is 2. The third kappa shape index (κ3) is 4.47. The topological polar surface area (TPSA) is 64.4 Å². The van der Waals surface area contributed by atoms with Crippen LogP contribution in [0.15, 0.2) is 54.6 Å². The highest BCUT2D eigenvalue weighted by molar-refractivity contribution is 6.11. The van der Waals surface area contributed by atoms with Crippen LogP contribution in [0.5, 0.6) is 5.75 Å². The number of hydrogen-bond donors (Lipinski definition) is 0. The van der Waals surface area contributed by atoms with Crippen molar-refractivity contribution < 1.29 is 14.3 Å². The van der Waals surface area contributed by atoms with Gasteiger partial charge in [0.2, 0.25) is 0 Å². The number of Topliss-reactive ketones (excluding diaryl/α,β-unsaturated/α-hetero) is 2. The molecule has 37 heavy (non-hydrogen) atoms. The SMILES string of the molecule is COc1ccc(CN2CC3(Cc4c(C(C)(C)C)nn(-c5ccccc5)c42)C(=O)CC(C)(C)CC3=O)cc1. The Morgan fingerprint density at radius 2 is 1.54 bits per heavy atom. The maximum Gasteiger partial charge on any atom is 0.149 e. The molecule has 1 spiro atoms. The summed E-state index contributed by atoms with van der Waals surface area (Å²) in [4.78, 5) is 29.9. The molecular weight excluding hydrogens is 462 g/mol. The summed E-state index contributed by atoms with van der Waals surface area (Å²) in [7, 11) is 1.66. The second-order valence-corrected chi connectivity index (χ2v) is 12.5. The van der Waals surface area contributed by atoms with Crippen LogP contribution in [-0.2, 0) is 28.0 Å². The smallest absolute Gasteiger partial charge is 0.149 e. The highest BCUT2D eigenvalue weighted by Gasteiger charge is 2.56. The maximum atomic E-state index is 13.8. The number of carbonyl (C=O) groups excluding carboxylic acids is 2. The Kier molecular flexibility index (Phi) is 6.05. The van der Waals surface area contributed by atoms with E-state index >= 15 is 0 Å². The zero-order valence-corrected chi connectivity index (χ0v) is 22.8. The largest absolute Gasteiger partial charge is 0.497 e. The lowest BCUT2D eigenvalue weighted by Crippen LogP contribution is -2.57. The van der Waals surface area contributed by atoms with Crippen LogP contribution in [0.2, 0.25) is 0 Å². The molecule has 1 aromatic heterocycles. The van der Waals surface area contributed by atoms with Crippen LogP contribution in [0.1, 0.15) is 64.3 Å². The van der Waals surface area contributed by atoms with E-state index in [1.807, 2.05) is 61.0 Å². The van der Waals surface area contributed by atoms with Crippen molar-refractivity contribution in [2.45, 2.75) is 65.8 Å². The highest BCUT2D eigenvalue weighted by atomic mass is 16.5. The van der Waals surface area contributed by atoms with Gasteiger partial charge in [-0.2, -0.15) is 5.10 Å². The average molecular weight is 500 g/mol. The molecule has 0 amide bonds. The van der Waals surface area contributed by atoms with Crippen LogP contribution >= 0.6 is 0 Å². The molecule has 0 bridgehead atoms. The van der Waals surface area contributed by atoms with Gasteiger partial charge in [0, 0.05) is 36.9 Å². The van der Waals surface area contributed by atoms with E-state index in [-0.39, 0.29) is 22.4 Å². The Labute approximate surface area is 219 Å². The first-order chi connectivity index (χ1) is 17.4. The highest BCUT2D eigenvalue weighted by Crippen LogP contribution is 2.49. The van der Waals surface area contributed by atoms with Gasteiger partial charge in [-0.3, -0.25) is 9.59 Å². The molecule has 3 aromatic rings. The van der Waals surface area contributed by atoms with Gasteiger partial charge in [0.15, 0.2) is 0 Å². The number of methoxy groups -OCH3 is 1. The molecule has 1 aliphatic heterocycles. The monoisotopic (exact) mass is 499 g/mol. The Hall–Kier alpha value is -3.41. The van der Waals surface area contributed by atoms with Crippen molar-refractivity contribution in [1.82, 2.24) is 9.78 Å². The van der Waals surface area contributed by atoms with Gasteiger partial charge in [-0.1, -0.05) is 65.0 Å². The summed E-state index contributed by atoms with van der Waals surface area (Å²) in [5, 5.41) is 5.14. The Bertz CT molecular complexity index is 1310. The van der Waals surface area contributed by atoms with Gasteiger partial charge in [0.25, 0.3) is 0 Å². The fourth-order valence-electron chi connectivity index (χ4n) is 5.92. The zero-order chi connectivity index (χ0) is 26.6. The summed E-state index contributed by atoms with van der Waals surface area (Å²) in [6.45, 7) is 11.4. The van der Waals surface area contributed by atoms with Crippen molar-refractivity contribution in [3.05, 3.63) is 71.4 Å². The molecule has 0 atom stereocenters. The molecule has 2 aliphatic rings. The van der Waals surface area contributed by atoms with Crippen molar-refractivity contribution in [3.63, 3.8) is 0 Å². The first kappa shape index (κ1) is 25.2. The molecule has 0 unspecified atom stereocenters. The minimum atomic E-state index is -1.04. The number of hydrogen-bond acceptors (Lipinski definition) is 5. The van der Waals surface area contributed by atoms with E-state index in [4.69, 9.17) is 9.84 Å². The molecule has 1 saturated carbocycles. The van der Waals surface area contributed by atoms with E-state index in [2.05, 4.69) is 37.8 Å². The summed E-state index contributed by atoms with van der Waals surface area (Å²) in [5.41, 5.74) is 2.40. The van der Waals surface area contributed by atoms with E-state index in [0.717, 1.165) is 34.1 Å². The number of anilines is 1. The molecule has 0 N–H and O–H groups in total. The molecule has 1 fully saturated rings. The molecule has 0 radical (unpaired) electrons. The second-order valence-electron chi connectivity index (χ2n) is 12.5. The third-order valence-corrected chi connectivity index (χ3v) is 7.78. The van der Waals surface area contributed by atoms with Gasteiger partial charge < -0.3 is 9.64 Å². The van der Waals surface area contributed by atoms with Crippen LogP contribution in [0, 0.1) is 10.8 Å². The number of ether oxygens (including phenoxy) is 1. The molecule has 6 nitrogen and oxygen atoms in total. The van der Waals surface area contributed by atoms with Crippen LogP contribution < -0.4 is 9.64 Å². The van der Waals surface area contributed by atoms with Crippen molar-refractivity contribution in [3.8, 4) is 11.4 Å². The molecular formula is C31H37N3O3. The Morgan fingerprint density at radius 1 is 0.919 bits per heavy atom. The van der Waals surface area contributed by atoms with Gasteiger partial charge in [0.1, 0.15) is 28.5 Å². The Balaban J connectivity index is 1.70. The fourth-order valence-corrected chi connectivity index (χ4v) is 5.92. The number of fused-ring (bicyclic) bond motifs is 1. The number of nitrogens with zero attached hydrogens (tertiary/aromatic N) is 3. The number of ketones is 2. The minimum absolute atomic E-state index is 0.0615. The van der Waals surface area contributed by atoms with Gasteiger partial charge in [0.05, 0.1) is 18.5 Å². The van der Waals surface area contributed by atoms with Gasteiger partial charge in [-0.05, 0) is 41.7 Å². The van der Waals surface area contributed by atoms with E-state index in [9.17, 15) is 9.59 Å². The third-order valence-electron chi connectivity index (χ3n) is 7.78. The number of para-hydroxylation sites is 1. The van der Waals surface area contributed by atoms with E-state index < -0.39 is 5.41 Å². The standard InChI is InChI=1S/C31H37N3O3/c1-29(2,3)27-24-16-31(25(35)17-30(4,5)18-26(31)36)20-33(19-21-12-14-23(37-6)15-13-21)28(24)34(32-27)22-10-8-7-9-11-22/h7-15H,16-20H2,1-6H3.